The molecule has 7 nitrogen and oxygen atoms in total. The summed E-state index contributed by atoms with van der Waals surface area (Å²) in [7, 11) is 3.03. The van der Waals surface area contributed by atoms with Crippen molar-refractivity contribution in [1.29, 1.82) is 0 Å². The van der Waals surface area contributed by atoms with Crippen LogP contribution < -0.4 is 14.9 Å². The van der Waals surface area contributed by atoms with Crippen LogP contribution in [0.15, 0.2) is 82.0 Å². The van der Waals surface area contributed by atoms with Crippen LogP contribution in [0.1, 0.15) is 32.7 Å². The zero-order valence-electron chi connectivity index (χ0n) is 19.8. The summed E-state index contributed by atoms with van der Waals surface area (Å²) in [5, 5.41) is 0.361. The number of hydrogen-bond acceptors (Lipinski definition) is 6. The fraction of sp³-hybridized carbons (Fsp3) is 0.138. The van der Waals surface area contributed by atoms with Crippen LogP contribution in [0.4, 0.5) is 0 Å². The van der Waals surface area contributed by atoms with Crippen molar-refractivity contribution in [1.82, 2.24) is 4.90 Å². The number of hydrogen-bond donors (Lipinski definition) is 0. The van der Waals surface area contributed by atoms with E-state index < -0.39 is 0 Å². The Hall–Kier alpha value is -4.65. The van der Waals surface area contributed by atoms with Crippen LogP contribution in [0.3, 0.4) is 0 Å². The van der Waals surface area contributed by atoms with Crippen molar-refractivity contribution < 1.29 is 23.5 Å². The minimum Gasteiger partial charge on any atom is -0.496 e. The van der Waals surface area contributed by atoms with Gasteiger partial charge < -0.3 is 13.9 Å². The molecule has 0 fully saturated rings. The first kappa shape index (κ1) is 23.1. The number of fused-ring (bicyclic) bond motifs is 2. The van der Waals surface area contributed by atoms with Crippen LogP contribution in [0, 0.1) is 0 Å². The van der Waals surface area contributed by atoms with Crippen LogP contribution in [-0.2, 0) is 0 Å². The molecule has 4 aromatic rings. The van der Waals surface area contributed by atoms with Gasteiger partial charge in [0.1, 0.15) is 28.2 Å². The van der Waals surface area contributed by atoms with Crippen LogP contribution in [0.25, 0.3) is 28.4 Å². The molecule has 2 amide bonds. The van der Waals surface area contributed by atoms with Crippen molar-refractivity contribution in [2.75, 3.05) is 20.8 Å². The highest BCUT2D eigenvalue weighted by molar-refractivity contribution is 6.21. The Labute approximate surface area is 207 Å². The van der Waals surface area contributed by atoms with Crippen molar-refractivity contribution >= 4 is 28.9 Å². The number of methoxy groups -OCH3 is 2. The van der Waals surface area contributed by atoms with Crippen LogP contribution in [0.5, 0.6) is 11.5 Å². The van der Waals surface area contributed by atoms with Gasteiger partial charge in [0, 0.05) is 30.3 Å². The summed E-state index contributed by atoms with van der Waals surface area (Å²) in [4.78, 5) is 39.0. The highest BCUT2D eigenvalue weighted by atomic mass is 16.5. The molecule has 0 N–H and O–H groups in total. The molecule has 0 unspecified atom stereocenters. The quantitative estimate of drug-likeness (QED) is 0.338. The number of carbonyl (C=O) groups excluding carboxylic acids is 2. The molecule has 36 heavy (non-hydrogen) atoms. The Balaban J connectivity index is 1.29. The zero-order chi connectivity index (χ0) is 25.2. The molecule has 7 heteroatoms. The minimum absolute atomic E-state index is 0.206. The average Bonchev–Trinajstić information content (AvgIpc) is 3.15. The third-order valence-corrected chi connectivity index (χ3v) is 6.13. The van der Waals surface area contributed by atoms with Gasteiger partial charge in [-0.1, -0.05) is 48.6 Å². The SMILES string of the molecule is COc1cc(OC)c2c(=O)cc(-c3ccc(/C=C/CCN4C(=O)c5ccccc5C4=O)cc3)oc2c1. The molecular formula is C29H23NO6. The average molecular weight is 482 g/mol. The summed E-state index contributed by atoms with van der Waals surface area (Å²) in [6, 6.07) is 19.2. The first-order valence-electron chi connectivity index (χ1n) is 11.4. The Morgan fingerprint density at radius 2 is 1.56 bits per heavy atom. The van der Waals surface area contributed by atoms with Gasteiger partial charge in [0.15, 0.2) is 5.43 Å². The molecule has 0 atom stereocenters. The molecule has 0 saturated carbocycles. The first-order valence-corrected chi connectivity index (χ1v) is 11.4. The Morgan fingerprint density at radius 1 is 0.861 bits per heavy atom. The normalized spacial score (nSPS) is 13.0. The largest absolute Gasteiger partial charge is 0.496 e. The topological polar surface area (TPSA) is 86.0 Å². The first-order chi connectivity index (χ1) is 17.5. The second-order valence-corrected chi connectivity index (χ2v) is 8.30. The maximum absolute atomic E-state index is 12.8. The van der Waals surface area contributed by atoms with E-state index in [1.165, 1.54) is 25.2 Å². The van der Waals surface area contributed by atoms with Gasteiger partial charge in [-0.05, 0) is 24.1 Å². The molecule has 0 aliphatic carbocycles. The standard InChI is InChI=1S/C29H23NO6/c1-34-20-15-25(35-2)27-23(31)17-24(36-26(27)16-20)19-12-10-18(11-13-19)7-5-6-14-30-28(32)21-8-3-4-9-22(21)29(30)33/h3-5,7-13,15-17H,6,14H2,1-2H3/b7-5+. The molecule has 2 heterocycles. The van der Waals surface area contributed by atoms with Gasteiger partial charge in [0.05, 0.1) is 25.3 Å². The smallest absolute Gasteiger partial charge is 0.261 e. The van der Waals surface area contributed by atoms with E-state index >= 15 is 0 Å². The minimum atomic E-state index is -0.250. The van der Waals surface area contributed by atoms with Crippen LogP contribution in [-0.4, -0.2) is 37.5 Å². The highest BCUT2D eigenvalue weighted by Crippen LogP contribution is 2.31. The number of ether oxygens (including phenoxy) is 2. The predicted molar refractivity (Wildman–Crippen MR) is 136 cm³/mol. The van der Waals surface area contributed by atoms with E-state index in [2.05, 4.69) is 0 Å². The molecule has 3 aromatic carbocycles. The summed E-state index contributed by atoms with van der Waals surface area (Å²) in [6.07, 6.45) is 4.39. The van der Waals surface area contributed by atoms with Gasteiger partial charge in [0.25, 0.3) is 11.8 Å². The fourth-order valence-corrected chi connectivity index (χ4v) is 4.27. The lowest BCUT2D eigenvalue weighted by atomic mass is 10.1. The summed E-state index contributed by atoms with van der Waals surface area (Å²) in [5.74, 6) is 0.859. The van der Waals surface area contributed by atoms with E-state index in [1.54, 1.807) is 36.4 Å². The molecule has 1 aliphatic heterocycles. The third kappa shape index (κ3) is 4.15. The summed E-state index contributed by atoms with van der Waals surface area (Å²) in [5.41, 5.74) is 2.78. The number of amides is 2. The van der Waals surface area contributed by atoms with Crippen molar-refractivity contribution in [3.63, 3.8) is 0 Å². The number of nitrogens with zero attached hydrogens (tertiary/aromatic N) is 1. The lowest BCUT2D eigenvalue weighted by Crippen LogP contribution is -2.30. The number of rotatable bonds is 7. The lowest BCUT2D eigenvalue weighted by Gasteiger charge is -2.11. The van der Waals surface area contributed by atoms with E-state index in [0.717, 1.165) is 11.1 Å². The molecular weight excluding hydrogens is 458 g/mol. The summed E-state index contributed by atoms with van der Waals surface area (Å²) in [6.45, 7) is 0.316. The van der Waals surface area contributed by atoms with E-state index in [-0.39, 0.29) is 17.2 Å². The van der Waals surface area contributed by atoms with Crippen molar-refractivity contribution in [2.45, 2.75) is 6.42 Å². The van der Waals surface area contributed by atoms with Crippen molar-refractivity contribution in [3.05, 3.63) is 99.7 Å². The third-order valence-electron chi connectivity index (χ3n) is 6.13. The van der Waals surface area contributed by atoms with Crippen LogP contribution in [0.2, 0.25) is 0 Å². The van der Waals surface area contributed by atoms with Crippen molar-refractivity contribution in [2.24, 2.45) is 0 Å². The van der Waals surface area contributed by atoms with E-state index in [4.69, 9.17) is 13.9 Å². The molecule has 0 saturated heterocycles. The number of carbonyl (C=O) groups is 2. The second-order valence-electron chi connectivity index (χ2n) is 8.30. The molecule has 0 spiro atoms. The Morgan fingerprint density at radius 3 is 2.19 bits per heavy atom. The highest BCUT2D eigenvalue weighted by Gasteiger charge is 2.34. The molecule has 0 radical (unpaired) electrons. The Kier molecular flexibility index (Phi) is 6.12. The second kappa shape index (κ2) is 9.54. The van der Waals surface area contributed by atoms with E-state index in [0.29, 0.717) is 52.3 Å². The molecule has 180 valence electrons. The van der Waals surface area contributed by atoms with Gasteiger partial charge >= 0.3 is 0 Å². The fourth-order valence-electron chi connectivity index (χ4n) is 4.27. The lowest BCUT2D eigenvalue weighted by molar-refractivity contribution is 0.0657. The van der Waals surface area contributed by atoms with Gasteiger partial charge in [-0.3, -0.25) is 19.3 Å². The van der Waals surface area contributed by atoms with E-state index in [9.17, 15) is 14.4 Å². The maximum atomic E-state index is 12.8. The Bertz CT molecular complexity index is 1530. The van der Waals surface area contributed by atoms with Gasteiger partial charge in [-0.15, -0.1) is 0 Å². The molecule has 1 aliphatic rings. The number of imide groups is 1. The van der Waals surface area contributed by atoms with Gasteiger partial charge in [-0.2, -0.15) is 0 Å². The van der Waals surface area contributed by atoms with Crippen molar-refractivity contribution in [3.8, 4) is 22.8 Å². The van der Waals surface area contributed by atoms with Crippen LogP contribution >= 0.6 is 0 Å². The van der Waals surface area contributed by atoms with E-state index in [1.807, 2.05) is 36.4 Å². The molecule has 5 rings (SSSR count). The zero-order valence-corrected chi connectivity index (χ0v) is 19.8. The predicted octanol–water partition coefficient (Wildman–Crippen LogP) is 5.18. The van der Waals surface area contributed by atoms with Gasteiger partial charge in [0.2, 0.25) is 0 Å². The molecule has 1 aromatic heterocycles. The van der Waals surface area contributed by atoms with Gasteiger partial charge in [-0.25, -0.2) is 0 Å². The summed E-state index contributed by atoms with van der Waals surface area (Å²) >= 11 is 0. The molecule has 0 bridgehead atoms. The maximum Gasteiger partial charge on any atom is 0.261 e. The number of benzene rings is 3. The summed E-state index contributed by atoms with van der Waals surface area (Å²) < 4.78 is 16.6. The monoisotopic (exact) mass is 481 g/mol.